The molecule has 2 aliphatic rings. The van der Waals surface area contributed by atoms with Crippen LogP contribution >= 0.6 is 11.6 Å². The molecular formula is C18H26ClNO2. The topological polar surface area (TPSA) is 44.5 Å². The van der Waals surface area contributed by atoms with Crippen LogP contribution in [0, 0.1) is 0 Å². The van der Waals surface area contributed by atoms with E-state index in [0.29, 0.717) is 17.3 Å². The maximum atomic E-state index is 6.47. The van der Waals surface area contributed by atoms with Gasteiger partial charge < -0.3 is 15.2 Å². The van der Waals surface area contributed by atoms with Gasteiger partial charge in [0.1, 0.15) is 0 Å². The fourth-order valence-corrected chi connectivity index (χ4v) is 4.30. The van der Waals surface area contributed by atoms with E-state index >= 15 is 0 Å². The summed E-state index contributed by atoms with van der Waals surface area (Å²) >= 11 is 6.47. The van der Waals surface area contributed by atoms with E-state index in [0.717, 1.165) is 31.4 Å². The van der Waals surface area contributed by atoms with Crippen LogP contribution in [0.4, 0.5) is 0 Å². The summed E-state index contributed by atoms with van der Waals surface area (Å²) in [5, 5.41) is 0.632. The SMILES string of the molecule is COc1c(Cl)cc(C2(CN)CCCC2)cc1OC1CCCC1. The van der Waals surface area contributed by atoms with Crippen LogP contribution in [0.15, 0.2) is 12.1 Å². The predicted octanol–water partition coefficient (Wildman–Crippen LogP) is 4.44. The van der Waals surface area contributed by atoms with Crippen molar-refractivity contribution in [2.75, 3.05) is 13.7 Å². The third-order valence-electron chi connectivity index (χ3n) is 5.37. The van der Waals surface area contributed by atoms with Gasteiger partial charge in [-0.1, -0.05) is 24.4 Å². The van der Waals surface area contributed by atoms with Crippen LogP contribution in [-0.2, 0) is 5.41 Å². The molecule has 2 aliphatic carbocycles. The van der Waals surface area contributed by atoms with Gasteiger partial charge in [0.05, 0.1) is 18.2 Å². The second-order valence-corrected chi connectivity index (χ2v) is 7.11. The van der Waals surface area contributed by atoms with Crippen molar-refractivity contribution < 1.29 is 9.47 Å². The smallest absolute Gasteiger partial charge is 0.179 e. The number of benzene rings is 1. The fourth-order valence-electron chi connectivity index (χ4n) is 4.01. The highest BCUT2D eigenvalue weighted by Crippen LogP contribution is 2.46. The van der Waals surface area contributed by atoms with Gasteiger partial charge in [-0.2, -0.15) is 0 Å². The lowest BCUT2D eigenvalue weighted by Crippen LogP contribution is -2.32. The third-order valence-corrected chi connectivity index (χ3v) is 5.65. The summed E-state index contributed by atoms with van der Waals surface area (Å²) in [5.41, 5.74) is 7.39. The molecule has 0 spiro atoms. The van der Waals surface area contributed by atoms with Crippen molar-refractivity contribution in [2.24, 2.45) is 5.73 Å². The molecule has 3 nitrogen and oxygen atoms in total. The Hall–Kier alpha value is -0.930. The van der Waals surface area contributed by atoms with E-state index in [1.54, 1.807) is 7.11 Å². The summed E-state index contributed by atoms with van der Waals surface area (Å²) in [5.74, 6) is 1.44. The van der Waals surface area contributed by atoms with Crippen LogP contribution in [0.3, 0.4) is 0 Å². The molecule has 0 saturated heterocycles. The number of hydrogen-bond acceptors (Lipinski definition) is 3. The summed E-state index contributed by atoms with van der Waals surface area (Å²) in [6.07, 6.45) is 9.75. The molecule has 0 heterocycles. The van der Waals surface area contributed by atoms with Gasteiger partial charge in [0.2, 0.25) is 0 Å². The maximum Gasteiger partial charge on any atom is 0.179 e. The van der Waals surface area contributed by atoms with E-state index in [1.165, 1.54) is 31.2 Å². The summed E-state index contributed by atoms with van der Waals surface area (Å²) in [6, 6.07) is 4.15. The van der Waals surface area contributed by atoms with Crippen molar-refractivity contribution in [2.45, 2.75) is 62.9 Å². The van der Waals surface area contributed by atoms with Crippen molar-refractivity contribution in [3.63, 3.8) is 0 Å². The Labute approximate surface area is 138 Å². The van der Waals surface area contributed by atoms with Crippen LogP contribution < -0.4 is 15.2 Å². The maximum absolute atomic E-state index is 6.47. The van der Waals surface area contributed by atoms with Crippen LogP contribution in [0.1, 0.15) is 56.9 Å². The molecule has 0 amide bonds. The molecule has 2 fully saturated rings. The number of methoxy groups -OCH3 is 1. The average Bonchev–Trinajstić information content (AvgIpc) is 3.19. The number of rotatable bonds is 5. The first-order valence-corrected chi connectivity index (χ1v) is 8.81. The summed E-state index contributed by atoms with van der Waals surface area (Å²) in [7, 11) is 1.65. The molecular weight excluding hydrogens is 298 g/mol. The Bertz CT molecular complexity index is 520. The normalized spacial score (nSPS) is 21.2. The van der Waals surface area contributed by atoms with Crippen molar-refractivity contribution in [1.82, 2.24) is 0 Å². The first-order valence-electron chi connectivity index (χ1n) is 8.43. The molecule has 122 valence electrons. The number of halogens is 1. The van der Waals surface area contributed by atoms with Crippen LogP contribution in [-0.4, -0.2) is 19.8 Å². The predicted molar refractivity (Wildman–Crippen MR) is 90.1 cm³/mol. The van der Waals surface area contributed by atoms with Gasteiger partial charge in [-0.25, -0.2) is 0 Å². The first-order chi connectivity index (χ1) is 10.7. The lowest BCUT2D eigenvalue weighted by atomic mass is 9.79. The van der Waals surface area contributed by atoms with E-state index in [1.807, 2.05) is 6.07 Å². The molecule has 0 aromatic heterocycles. The fraction of sp³-hybridized carbons (Fsp3) is 0.667. The van der Waals surface area contributed by atoms with Gasteiger partial charge in [-0.05, 0) is 56.2 Å². The second kappa shape index (κ2) is 6.67. The molecule has 2 N–H and O–H groups in total. The molecule has 2 saturated carbocycles. The zero-order valence-electron chi connectivity index (χ0n) is 13.4. The van der Waals surface area contributed by atoms with Crippen molar-refractivity contribution >= 4 is 11.6 Å². The molecule has 1 aromatic rings. The Morgan fingerprint density at radius 1 is 1.18 bits per heavy atom. The van der Waals surface area contributed by atoms with Gasteiger partial charge in [-0.3, -0.25) is 0 Å². The van der Waals surface area contributed by atoms with E-state index in [2.05, 4.69) is 6.07 Å². The van der Waals surface area contributed by atoms with E-state index in [4.69, 9.17) is 26.8 Å². The molecule has 3 rings (SSSR count). The lowest BCUT2D eigenvalue weighted by molar-refractivity contribution is 0.200. The Balaban J connectivity index is 1.96. The zero-order valence-corrected chi connectivity index (χ0v) is 14.1. The van der Waals surface area contributed by atoms with E-state index in [-0.39, 0.29) is 11.5 Å². The van der Waals surface area contributed by atoms with Gasteiger partial charge in [0.25, 0.3) is 0 Å². The Morgan fingerprint density at radius 3 is 2.45 bits per heavy atom. The average molecular weight is 324 g/mol. The standard InChI is InChI=1S/C18H26ClNO2/c1-21-17-15(19)10-13(18(12-20)8-4-5-9-18)11-16(17)22-14-6-2-3-7-14/h10-11,14H,2-9,12,20H2,1H3. The third kappa shape index (κ3) is 2.93. The largest absolute Gasteiger partial charge is 0.491 e. The molecule has 22 heavy (non-hydrogen) atoms. The number of ether oxygens (including phenoxy) is 2. The van der Waals surface area contributed by atoms with Crippen LogP contribution in [0.5, 0.6) is 11.5 Å². The molecule has 4 heteroatoms. The number of hydrogen-bond donors (Lipinski definition) is 1. The Kier molecular flexibility index (Phi) is 4.84. The summed E-state index contributed by atoms with van der Waals surface area (Å²) in [6.45, 7) is 0.665. The zero-order chi connectivity index (χ0) is 15.6. The number of nitrogens with two attached hydrogens (primary N) is 1. The second-order valence-electron chi connectivity index (χ2n) is 6.71. The van der Waals surface area contributed by atoms with Gasteiger partial charge in [0.15, 0.2) is 11.5 Å². The molecule has 1 aromatic carbocycles. The highest BCUT2D eigenvalue weighted by atomic mass is 35.5. The minimum absolute atomic E-state index is 0.0592. The summed E-state index contributed by atoms with van der Waals surface area (Å²) < 4.78 is 11.7. The molecule has 0 radical (unpaired) electrons. The molecule has 0 unspecified atom stereocenters. The van der Waals surface area contributed by atoms with E-state index < -0.39 is 0 Å². The van der Waals surface area contributed by atoms with Gasteiger partial charge >= 0.3 is 0 Å². The Morgan fingerprint density at radius 2 is 1.86 bits per heavy atom. The minimum atomic E-state index is 0.0592. The van der Waals surface area contributed by atoms with Crippen molar-refractivity contribution in [1.29, 1.82) is 0 Å². The van der Waals surface area contributed by atoms with Gasteiger partial charge in [0, 0.05) is 12.0 Å². The lowest BCUT2D eigenvalue weighted by Gasteiger charge is -2.29. The van der Waals surface area contributed by atoms with Crippen LogP contribution in [0.2, 0.25) is 5.02 Å². The highest BCUT2D eigenvalue weighted by molar-refractivity contribution is 6.32. The van der Waals surface area contributed by atoms with Crippen molar-refractivity contribution in [3.8, 4) is 11.5 Å². The van der Waals surface area contributed by atoms with Crippen molar-refractivity contribution in [3.05, 3.63) is 22.7 Å². The van der Waals surface area contributed by atoms with Gasteiger partial charge in [-0.15, -0.1) is 0 Å². The molecule has 0 atom stereocenters. The first kappa shape index (κ1) is 15.9. The van der Waals surface area contributed by atoms with E-state index in [9.17, 15) is 0 Å². The van der Waals surface area contributed by atoms with Crippen LogP contribution in [0.25, 0.3) is 0 Å². The summed E-state index contributed by atoms with van der Waals surface area (Å²) in [4.78, 5) is 0. The monoisotopic (exact) mass is 323 g/mol. The minimum Gasteiger partial charge on any atom is -0.491 e. The highest BCUT2D eigenvalue weighted by Gasteiger charge is 2.35. The molecule has 0 bridgehead atoms. The molecule has 0 aliphatic heterocycles. The quantitative estimate of drug-likeness (QED) is 0.871.